The van der Waals surface area contributed by atoms with Gasteiger partial charge in [-0.15, -0.1) is 0 Å². The smallest absolute Gasteiger partial charge is 0.287 e. The van der Waals surface area contributed by atoms with Gasteiger partial charge in [-0.2, -0.15) is 0 Å². The second-order valence-corrected chi connectivity index (χ2v) is 9.71. The minimum absolute atomic E-state index is 0.0801. The van der Waals surface area contributed by atoms with Gasteiger partial charge in [0.2, 0.25) is 0 Å². The first-order chi connectivity index (χ1) is 17.4. The number of rotatable bonds is 5. The minimum atomic E-state index is -0.499. The molecule has 0 spiro atoms. The Balaban J connectivity index is 1.31. The molecule has 9 heteroatoms. The molecule has 0 aliphatic carbocycles. The van der Waals surface area contributed by atoms with E-state index in [9.17, 15) is 14.0 Å². The van der Waals surface area contributed by atoms with E-state index in [1.54, 1.807) is 0 Å². The van der Waals surface area contributed by atoms with Gasteiger partial charge in [-0.05, 0) is 37.9 Å². The van der Waals surface area contributed by atoms with E-state index in [2.05, 4.69) is 39.2 Å². The number of anilines is 2. The van der Waals surface area contributed by atoms with E-state index in [4.69, 9.17) is 4.42 Å². The molecule has 2 fully saturated rings. The van der Waals surface area contributed by atoms with Crippen molar-refractivity contribution >= 4 is 28.3 Å². The lowest BCUT2D eigenvalue weighted by Gasteiger charge is -2.34. The SMILES string of the molecule is CN1CCN(c2ccc(CNC(=O)c3cc(=O)c4cc(F)cc(N5CCN(C)CC5)c4o3)cc2)CC1. The number of piperazine rings is 2. The van der Waals surface area contributed by atoms with E-state index in [0.29, 0.717) is 25.3 Å². The summed E-state index contributed by atoms with van der Waals surface area (Å²) in [6.45, 7) is 7.36. The van der Waals surface area contributed by atoms with Crippen LogP contribution < -0.4 is 20.5 Å². The fourth-order valence-corrected chi connectivity index (χ4v) is 4.76. The number of nitrogens with zero attached hydrogens (tertiary/aromatic N) is 4. The Morgan fingerprint density at radius 1 is 0.889 bits per heavy atom. The van der Waals surface area contributed by atoms with Crippen LogP contribution in [0.5, 0.6) is 0 Å². The predicted octanol–water partition coefficient (Wildman–Crippen LogP) is 2.37. The molecular formula is C27H32FN5O3. The third-order valence-corrected chi connectivity index (χ3v) is 7.10. The van der Waals surface area contributed by atoms with Crippen LogP contribution in [0.4, 0.5) is 15.8 Å². The molecule has 8 nitrogen and oxygen atoms in total. The van der Waals surface area contributed by atoms with Gasteiger partial charge in [-0.25, -0.2) is 4.39 Å². The Kier molecular flexibility index (Phi) is 6.93. The standard InChI is InChI=1S/C27H32FN5O3/c1-30-7-11-32(12-8-30)21-5-3-19(4-6-21)18-29-27(35)25-17-24(34)22-15-20(28)16-23(26(22)36-25)33-13-9-31(2)10-14-33/h3-6,15-17H,7-14,18H2,1-2H3,(H,29,35). The number of hydrogen-bond donors (Lipinski definition) is 1. The molecule has 36 heavy (non-hydrogen) atoms. The van der Waals surface area contributed by atoms with E-state index < -0.39 is 17.2 Å². The van der Waals surface area contributed by atoms with Crippen LogP contribution in [0.25, 0.3) is 11.0 Å². The van der Waals surface area contributed by atoms with E-state index in [1.165, 1.54) is 17.8 Å². The Labute approximate surface area is 209 Å². The largest absolute Gasteiger partial charge is 0.448 e. The summed E-state index contributed by atoms with van der Waals surface area (Å²) in [4.78, 5) is 34.5. The van der Waals surface area contributed by atoms with Gasteiger partial charge in [-0.1, -0.05) is 12.1 Å². The van der Waals surface area contributed by atoms with Gasteiger partial charge in [0.15, 0.2) is 16.8 Å². The summed E-state index contributed by atoms with van der Waals surface area (Å²) >= 11 is 0. The molecule has 2 aromatic carbocycles. The van der Waals surface area contributed by atoms with Crippen LogP contribution in [0.3, 0.4) is 0 Å². The highest BCUT2D eigenvalue weighted by Gasteiger charge is 2.22. The first-order valence-electron chi connectivity index (χ1n) is 12.4. The zero-order valence-electron chi connectivity index (χ0n) is 20.8. The number of likely N-dealkylation sites (N-methyl/N-ethyl adjacent to an activating group) is 2. The van der Waals surface area contributed by atoms with Gasteiger partial charge in [0.25, 0.3) is 5.91 Å². The van der Waals surface area contributed by atoms with Crippen molar-refractivity contribution < 1.29 is 13.6 Å². The topological polar surface area (TPSA) is 72.3 Å². The molecule has 3 heterocycles. The van der Waals surface area contributed by atoms with Crippen LogP contribution in [0, 0.1) is 5.82 Å². The molecular weight excluding hydrogens is 461 g/mol. The molecule has 0 bridgehead atoms. The zero-order chi connectivity index (χ0) is 25.2. The van der Waals surface area contributed by atoms with Crippen LogP contribution in [0.1, 0.15) is 16.1 Å². The van der Waals surface area contributed by atoms with Crippen LogP contribution in [0.15, 0.2) is 51.7 Å². The van der Waals surface area contributed by atoms with Crippen molar-refractivity contribution in [3.05, 3.63) is 69.8 Å². The molecule has 5 rings (SSSR count). The van der Waals surface area contributed by atoms with Crippen molar-refractivity contribution in [2.24, 2.45) is 0 Å². The average Bonchev–Trinajstić information content (AvgIpc) is 2.88. The number of amides is 1. The zero-order valence-corrected chi connectivity index (χ0v) is 20.8. The molecule has 3 aromatic rings. The summed E-state index contributed by atoms with van der Waals surface area (Å²) < 4.78 is 20.3. The van der Waals surface area contributed by atoms with Crippen molar-refractivity contribution in [2.45, 2.75) is 6.54 Å². The third-order valence-electron chi connectivity index (χ3n) is 7.10. The number of nitrogens with one attached hydrogen (secondary N) is 1. The van der Waals surface area contributed by atoms with Crippen LogP contribution in [-0.2, 0) is 6.54 Å². The molecule has 0 atom stereocenters. The van der Waals surface area contributed by atoms with E-state index >= 15 is 0 Å². The van der Waals surface area contributed by atoms with Gasteiger partial charge >= 0.3 is 0 Å². The summed E-state index contributed by atoms with van der Waals surface area (Å²) in [6, 6.07) is 11.8. The minimum Gasteiger partial charge on any atom is -0.448 e. The molecule has 190 valence electrons. The van der Waals surface area contributed by atoms with Crippen molar-refractivity contribution in [1.82, 2.24) is 15.1 Å². The second kappa shape index (κ2) is 10.3. The number of carbonyl (C=O) groups excluding carboxylic acids is 1. The van der Waals surface area contributed by atoms with Crippen molar-refractivity contribution in [1.29, 1.82) is 0 Å². The lowest BCUT2D eigenvalue weighted by atomic mass is 10.1. The van der Waals surface area contributed by atoms with Crippen molar-refractivity contribution in [3.8, 4) is 0 Å². The van der Waals surface area contributed by atoms with E-state index in [-0.39, 0.29) is 16.7 Å². The Bertz CT molecular complexity index is 1290. The number of carbonyl (C=O) groups is 1. The highest BCUT2D eigenvalue weighted by molar-refractivity contribution is 5.95. The van der Waals surface area contributed by atoms with Gasteiger partial charge in [0.1, 0.15) is 5.82 Å². The number of fused-ring (bicyclic) bond motifs is 1. The monoisotopic (exact) mass is 493 g/mol. The van der Waals surface area contributed by atoms with E-state index in [0.717, 1.165) is 50.9 Å². The normalized spacial score (nSPS) is 17.5. The summed E-state index contributed by atoms with van der Waals surface area (Å²) in [7, 11) is 4.16. The molecule has 0 saturated carbocycles. The quantitative estimate of drug-likeness (QED) is 0.585. The van der Waals surface area contributed by atoms with Crippen LogP contribution in [0.2, 0.25) is 0 Å². The number of halogens is 1. The summed E-state index contributed by atoms with van der Waals surface area (Å²) in [6.07, 6.45) is 0. The average molecular weight is 494 g/mol. The first-order valence-corrected chi connectivity index (χ1v) is 12.4. The van der Waals surface area contributed by atoms with Gasteiger partial charge in [-0.3, -0.25) is 9.59 Å². The van der Waals surface area contributed by atoms with Gasteiger partial charge in [0, 0.05) is 76.7 Å². The molecule has 2 aliphatic rings. The van der Waals surface area contributed by atoms with Crippen molar-refractivity contribution in [2.75, 3.05) is 76.3 Å². The molecule has 1 aromatic heterocycles. The summed E-state index contributed by atoms with van der Waals surface area (Å²) in [5, 5.41) is 2.98. The molecule has 1 amide bonds. The maximum absolute atomic E-state index is 14.3. The molecule has 0 radical (unpaired) electrons. The molecule has 1 N–H and O–H groups in total. The number of benzene rings is 2. The predicted molar refractivity (Wildman–Crippen MR) is 139 cm³/mol. The Morgan fingerprint density at radius 2 is 1.50 bits per heavy atom. The summed E-state index contributed by atoms with van der Waals surface area (Å²) in [5.74, 6) is -1.06. The fraction of sp³-hybridized carbons (Fsp3) is 0.407. The van der Waals surface area contributed by atoms with E-state index in [1.807, 2.05) is 24.1 Å². The molecule has 2 saturated heterocycles. The highest BCUT2D eigenvalue weighted by atomic mass is 19.1. The second-order valence-electron chi connectivity index (χ2n) is 9.71. The third kappa shape index (κ3) is 5.22. The fourth-order valence-electron chi connectivity index (χ4n) is 4.76. The first kappa shape index (κ1) is 24.3. The maximum Gasteiger partial charge on any atom is 0.287 e. The lowest BCUT2D eigenvalue weighted by molar-refractivity contribution is 0.0923. The molecule has 0 unspecified atom stereocenters. The van der Waals surface area contributed by atoms with Crippen molar-refractivity contribution in [3.63, 3.8) is 0 Å². The Hall–Kier alpha value is -3.43. The highest BCUT2D eigenvalue weighted by Crippen LogP contribution is 2.28. The Morgan fingerprint density at radius 3 is 2.14 bits per heavy atom. The summed E-state index contributed by atoms with van der Waals surface area (Å²) in [5.41, 5.74) is 2.43. The number of hydrogen-bond acceptors (Lipinski definition) is 7. The van der Waals surface area contributed by atoms with Crippen LogP contribution in [-0.4, -0.2) is 82.2 Å². The van der Waals surface area contributed by atoms with Gasteiger partial charge < -0.3 is 29.3 Å². The van der Waals surface area contributed by atoms with Crippen LogP contribution >= 0.6 is 0 Å². The molecule has 2 aliphatic heterocycles. The lowest BCUT2D eigenvalue weighted by Crippen LogP contribution is -2.44. The van der Waals surface area contributed by atoms with Gasteiger partial charge in [0.05, 0.1) is 11.1 Å². The maximum atomic E-state index is 14.3.